The number of carbonyl (C=O) groups excluding carboxylic acids is 1. The van der Waals surface area contributed by atoms with E-state index in [1.165, 1.54) is 0 Å². The Kier molecular flexibility index (Phi) is 7.09. The number of nitrogens with zero attached hydrogens (tertiary/aromatic N) is 1. The van der Waals surface area contributed by atoms with E-state index in [1.807, 2.05) is 45.0 Å². The van der Waals surface area contributed by atoms with Crippen molar-refractivity contribution in [1.82, 2.24) is 4.90 Å². The fourth-order valence-electron chi connectivity index (χ4n) is 2.97. The summed E-state index contributed by atoms with van der Waals surface area (Å²) in [6.07, 6.45) is 3.99. The fourth-order valence-corrected chi connectivity index (χ4v) is 2.97. The molecule has 1 aromatic carbocycles. The van der Waals surface area contributed by atoms with Crippen molar-refractivity contribution in [2.24, 2.45) is 0 Å². The SMILES string of the molecule is C=CCN(C)CCCCOc1ccc2c(c1)C(C(=O)OC(C)(C)C)CN2. The van der Waals surface area contributed by atoms with Crippen LogP contribution in [-0.4, -0.2) is 49.8 Å². The second kappa shape index (κ2) is 9.08. The van der Waals surface area contributed by atoms with Crippen LogP contribution in [0.4, 0.5) is 5.69 Å². The van der Waals surface area contributed by atoms with E-state index < -0.39 is 5.60 Å². The largest absolute Gasteiger partial charge is 0.494 e. The van der Waals surface area contributed by atoms with Crippen molar-refractivity contribution in [3.63, 3.8) is 0 Å². The van der Waals surface area contributed by atoms with Crippen LogP contribution in [0, 0.1) is 0 Å². The summed E-state index contributed by atoms with van der Waals surface area (Å²) in [7, 11) is 2.09. The zero-order valence-corrected chi connectivity index (χ0v) is 16.5. The summed E-state index contributed by atoms with van der Waals surface area (Å²) in [5, 5.41) is 3.27. The molecule has 0 spiro atoms. The number of carbonyl (C=O) groups is 1. The first kappa shape index (κ1) is 20.3. The average Bonchev–Trinajstić information content (AvgIpc) is 2.96. The maximum atomic E-state index is 12.4. The number of unbranched alkanes of at least 4 members (excludes halogenated alkanes) is 1. The van der Waals surface area contributed by atoms with E-state index in [9.17, 15) is 4.79 Å². The molecule has 0 radical (unpaired) electrons. The number of hydrogen-bond acceptors (Lipinski definition) is 5. The second-order valence-electron chi connectivity index (χ2n) is 7.82. The van der Waals surface area contributed by atoms with Crippen LogP contribution in [-0.2, 0) is 9.53 Å². The van der Waals surface area contributed by atoms with Crippen LogP contribution in [0.25, 0.3) is 0 Å². The van der Waals surface area contributed by atoms with E-state index in [0.717, 1.165) is 42.9 Å². The van der Waals surface area contributed by atoms with Crippen molar-refractivity contribution >= 4 is 11.7 Å². The minimum absolute atomic E-state index is 0.189. The van der Waals surface area contributed by atoms with Gasteiger partial charge in [-0.15, -0.1) is 6.58 Å². The summed E-state index contributed by atoms with van der Waals surface area (Å²) in [6, 6.07) is 5.90. The lowest BCUT2D eigenvalue weighted by Gasteiger charge is -2.22. The number of fused-ring (bicyclic) bond motifs is 1. The van der Waals surface area contributed by atoms with Gasteiger partial charge in [-0.1, -0.05) is 6.08 Å². The third kappa shape index (κ3) is 6.06. The summed E-state index contributed by atoms with van der Waals surface area (Å²) in [6.45, 7) is 12.6. The maximum absolute atomic E-state index is 12.4. The minimum atomic E-state index is -0.479. The minimum Gasteiger partial charge on any atom is -0.494 e. The summed E-state index contributed by atoms with van der Waals surface area (Å²) < 4.78 is 11.4. The molecule has 1 aliphatic heterocycles. The van der Waals surface area contributed by atoms with Gasteiger partial charge in [0.15, 0.2) is 0 Å². The Labute approximate surface area is 157 Å². The quantitative estimate of drug-likeness (QED) is 0.412. The molecule has 1 aromatic rings. The number of hydrogen-bond donors (Lipinski definition) is 1. The van der Waals surface area contributed by atoms with Gasteiger partial charge in [0.2, 0.25) is 0 Å². The zero-order chi connectivity index (χ0) is 19.2. The van der Waals surface area contributed by atoms with Gasteiger partial charge in [0, 0.05) is 18.8 Å². The first-order valence-corrected chi connectivity index (χ1v) is 9.33. The van der Waals surface area contributed by atoms with E-state index in [-0.39, 0.29) is 11.9 Å². The van der Waals surface area contributed by atoms with Gasteiger partial charge in [0.25, 0.3) is 0 Å². The van der Waals surface area contributed by atoms with Crippen LogP contribution in [0.5, 0.6) is 5.75 Å². The molecule has 5 nitrogen and oxygen atoms in total. The highest BCUT2D eigenvalue weighted by atomic mass is 16.6. The number of ether oxygens (including phenoxy) is 2. The number of likely N-dealkylation sites (N-methyl/N-ethyl adjacent to an activating group) is 1. The zero-order valence-electron chi connectivity index (χ0n) is 16.5. The summed E-state index contributed by atoms with van der Waals surface area (Å²) in [5.74, 6) is 0.340. The van der Waals surface area contributed by atoms with Gasteiger partial charge in [0.1, 0.15) is 17.3 Å². The molecule has 1 N–H and O–H groups in total. The molecule has 0 bridgehead atoms. The molecule has 0 aliphatic carbocycles. The Morgan fingerprint density at radius 1 is 1.38 bits per heavy atom. The lowest BCUT2D eigenvalue weighted by atomic mass is 10.0. The molecule has 5 heteroatoms. The predicted octanol–water partition coefficient (Wildman–Crippen LogP) is 3.81. The van der Waals surface area contributed by atoms with E-state index in [4.69, 9.17) is 9.47 Å². The second-order valence-corrected chi connectivity index (χ2v) is 7.82. The normalized spacial score (nSPS) is 16.1. The fraction of sp³-hybridized carbons (Fsp3) is 0.571. The number of rotatable bonds is 9. The summed E-state index contributed by atoms with van der Waals surface area (Å²) in [4.78, 5) is 14.7. The van der Waals surface area contributed by atoms with Crippen LogP contribution in [0.2, 0.25) is 0 Å². The van der Waals surface area contributed by atoms with E-state index in [1.54, 1.807) is 0 Å². The smallest absolute Gasteiger partial charge is 0.315 e. The Morgan fingerprint density at radius 2 is 2.15 bits per heavy atom. The van der Waals surface area contributed by atoms with E-state index in [0.29, 0.717) is 13.2 Å². The molecule has 0 saturated carbocycles. The molecule has 1 heterocycles. The summed E-state index contributed by atoms with van der Waals surface area (Å²) in [5.41, 5.74) is 1.47. The van der Waals surface area contributed by atoms with Gasteiger partial charge >= 0.3 is 5.97 Å². The standard InChI is InChI=1S/C21H32N2O3/c1-6-11-23(5)12-7-8-13-25-16-9-10-19-17(14-16)18(15-22-19)20(24)26-21(2,3)4/h6,9-10,14,18,22H,1,7-8,11-13,15H2,2-5H3. The molecule has 0 amide bonds. The Balaban J connectivity index is 1.86. The van der Waals surface area contributed by atoms with Crippen molar-refractivity contribution in [3.8, 4) is 5.75 Å². The maximum Gasteiger partial charge on any atom is 0.315 e. The van der Waals surface area contributed by atoms with Crippen LogP contribution >= 0.6 is 0 Å². The van der Waals surface area contributed by atoms with E-state index >= 15 is 0 Å². The highest BCUT2D eigenvalue weighted by Gasteiger charge is 2.32. The number of benzene rings is 1. The van der Waals surface area contributed by atoms with Gasteiger partial charge in [-0.05, 0) is 71.0 Å². The molecular formula is C21H32N2O3. The Hall–Kier alpha value is -2.01. The number of esters is 1. The molecule has 1 atom stereocenters. The van der Waals surface area contributed by atoms with Gasteiger partial charge in [-0.2, -0.15) is 0 Å². The van der Waals surface area contributed by atoms with Crippen molar-refractivity contribution in [2.45, 2.75) is 45.1 Å². The van der Waals surface area contributed by atoms with Crippen molar-refractivity contribution in [2.75, 3.05) is 38.6 Å². The molecule has 144 valence electrons. The van der Waals surface area contributed by atoms with Crippen LogP contribution < -0.4 is 10.1 Å². The first-order valence-electron chi connectivity index (χ1n) is 9.33. The van der Waals surface area contributed by atoms with E-state index in [2.05, 4.69) is 23.8 Å². The van der Waals surface area contributed by atoms with Gasteiger partial charge in [-0.25, -0.2) is 0 Å². The molecule has 2 rings (SSSR count). The average molecular weight is 360 g/mol. The summed E-state index contributed by atoms with van der Waals surface area (Å²) >= 11 is 0. The molecule has 1 unspecified atom stereocenters. The molecule has 1 aliphatic rings. The van der Waals surface area contributed by atoms with Crippen LogP contribution in [0.15, 0.2) is 30.9 Å². The molecule has 0 saturated heterocycles. The highest BCUT2D eigenvalue weighted by molar-refractivity contribution is 5.84. The lowest BCUT2D eigenvalue weighted by Crippen LogP contribution is -2.28. The molecular weight excluding hydrogens is 328 g/mol. The molecule has 26 heavy (non-hydrogen) atoms. The number of nitrogens with one attached hydrogen (secondary N) is 1. The predicted molar refractivity (Wildman–Crippen MR) is 106 cm³/mol. The third-order valence-corrected chi connectivity index (χ3v) is 4.23. The molecule has 0 aromatic heterocycles. The topological polar surface area (TPSA) is 50.8 Å². The van der Waals surface area contributed by atoms with Crippen molar-refractivity contribution < 1.29 is 14.3 Å². The Morgan fingerprint density at radius 3 is 2.85 bits per heavy atom. The lowest BCUT2D eigenvalue weighted by molar-refractivity contribution is -0.156. The monoisotopic (exact) mass is 360 g/mol. The Bertz CT molecular complexity index is 622. The molecule has 0 fully saturated rings. The van der Waals surface area contributed by atoms with Gasteiger partial charge in [-0.3, -0.25) is 4.79 Å². The first-order chi connectivity index (χ1) is 12.3. The van der Waals surface area contributed by atoms with Crippen molar-refractivity contribution in [1.29, 1.82) is 0 Å². The van der Waals surface area contributed by atoms with Gasteiger partial charge < -0.3 is 19.7 Å². The van der Waals surface area contributed by atoms with Crippen LogP contribution in [0.3, 0.4) is 0 Å². The van der Waals surface area contributed by atoms with Gasteiger partial charge in [0.05, 0.1) is 6.61 Å². The number of anilines is 1. The van der Waals surface area contributed by atoms with Crippen molar-refractivity contribution in [3.05, 3.63) is 36.4 Å². The van der Waals surface area contributed by atoms with Crippen LogP contribution in [0.1, 0.15) is 45.1 Å². The highest BCUT2D eigenvalue weighted by Crippen LogP contribution is 2.35. The third-order valence-electron chi connectivity index (χ3n) is 4.23.